The first-order valence-electron chi connectivity index (χ1n) is 3.99. The van der Waals surface area contributed by atoms with Gasteiger partial charge in [-0.1, -0.05) is 13.8 Å². The van der Waals surface area contributed by atoms with Crippen molar-refractivity contribution in [1.82, 2.24) is 0 Å². The van der Waals surface area contributed by atoms with Crippen molar-refractivity contribution in [2.45, 2.75) is 26.7 Å². The molecule has 0 amide bonds. The molecule has 0 aromatic rings. The van der Waals surface area contributed by atoms with E-state index in [1.807, 2.05) is 6.92 Å². The van der Waals surface area contributed by atoms with Crippen molar-refractivity contribution >= 4 is 5.97 Å². The van der Waals surface area contributed by atoms with Crippen LogP contribution in [0.25, 0.3) is 0 Å². The third-order valence-corrected chi connectivity index (χ3v) is 1.47. The third kappa shape index (κ3) is 5.85. The summed E-state index contributed by atoms with van der Waals surface area (Å²) in [6, 6.07) is 0. The predicted octanol–water partition coefficient (Wildman–Crippen LogP) is 1.52. The van der Waals surface area contributed by atoms with Crippen LogP contribution >= 0.6 is 0 Å². The Morgan fingerprint density at radius 2 is 2.18 bits per heavy atom. The van der Waals surface area contributed by atoms with Crippen LogP contribution in [-0.2, 0) is 9.53 Å². The van der Waals surface area contributed by atoms with Crippen LogP contribution < -0.4 is 0 Å². The van der Waals surface area contributed by atoms with Gasteiger partial charge in [0.2, 0.25) is 0 Å². The molecular weight excluding hydrogens is 144 g/mol. The summed E-state index contributed by atoms with van der Waals surface area (Å²) < 4.78 is 5.14. The van der Waals surface area contributed by atoms with E-state index in [-0.39, 0.29) is 5.92 Å². The van der Waals surface area contributed by atoms with E-state index in [9.17, 15) is 4.79 Å². The molecule has 0 saturated carbocycles. The van der Waals surface area contributed by atoms with Crippen molar-refractivity contribution < 1.29 is 14.6 Å². The Labute approximate surface area is 67.4 Å². The lowest BCUT2D eigenvalue weighted by Gasteiger charge is -2.05. The largest absolute Gasteiger partial charge is 0.481 e. The Kier molecular flexibility index (Phi) is 5.84. The Morgan fingerprint density at radius 3 is 2.64 bits per heavy atom. The minimum absolute atomic E-state index is 0.285. The summed E-state index contributed by atoms with van der Waals surface area (Å²) in [4.78, 5) is 10.3. The Balaban J connectivity index is 3.17. The van der Waals surface area contributed by atoms with Gasteiger partial charge in [-0.2, -0.15) is 0 Å². The van der Waals surface area contributed by atoms with E-state index in [0.29, 0.717) is 13.0 Å². The Bertz CT molecular complexity index is 112. The first-order chi connectivity index (χ1) is 5.18. The normalized spacial score (nSPS) is 12.9. The highest BCUT2D eigenvalue weighted by Gasteiger charge is 2.09. The second kappa shape index (κ2) is 6.16. The van der Waals surface area contributed by atoms with E-state index in [0.717, 1.165) is 13.0 Å². The molecule has 3 nitrogen and oxygen atoms in total. The molecule has 0 spiro atoms. The second-order valence-electron chi connectivity index (χ2n) is 2.64. The second-order valence-corrected chi connectivity index (χ2v) is 2.64. The number of ether oxygens (including phenoxy) is 1. The van der Waals surface area contributed by atoms with Crippen LogP contribution in [0.3, 0.4) is 0 Å². The van der Waals surface area contributed by atoms with Crippen LogP contribution in [0.2, 0.25) is 0 Å². The van der Waals surface area contributed by atoms with Crippen molar-refractivity contribution in [2.24, 2.45) is 5.92 Å². The molecule has 0 aliphatic heterocycles. The van der Waals surface area contributed by atoms with Crippen molar-refractivity contribution in [3.8, 4) is 0 Å². The predicted molar refractivity (Wildman–Crippen MR) is 42.5 cm³/mol. The quantitative estimate of drug-likeness (QED) is 0.599. The number of rotatable bonds is 6. The molecular formula is C8H16O3. The van der Waals surface area contributed by atoms with Gasteiger partial charge in [-0.05, 0) is 12.8 Å². The van der Waals surface area contributed by atoms with E-state index < -0.39 is 5.97 Å². The standard InChI is InChI=1S/C8H16O3/c1-3-5-11-6-4-7(2)8(9)10/h7H,3-6H2,1-2H3,(H,9,10). The van der Waals surface area contributed by atoms with E-state index in [2.05, 4.69) is 0 Å². The first-order valence-corrected chi connectivity index (χ1v) is 3.99. The summed E-state index contributed by atoms with van der Waals surface area (Å²) in [5.41, 5.74) is 0. The number of carboxylic acid groups (broad SMARTS) is 1. The maximum atomic E-state index is 10.3. The lowest BCUT2D eigenvalue weighted by molar-refractivity contribution is -0.141. The number of carboxylic acids is 1. The molecule has 0 bridgehead atoms. The van der Waals surface area contributed by atoms with Gasteiger partial charge >= 0.3 is 5.97 Å². The van der Waals surface area contributed by atoms with Gasteiger partial charge < -0.3 is 9.84 Å². The molecule has 0 aromatic heterocycles. The molecule has 0 aromatic carbocycles. The van der Waals surface area contributed by atoms with Crippen molar-refractivity contribution in [3.05, 3.63) is 0 Å². The minimum atomic E-state index is -0.745. The van der Waals surface area contributed by atoms with Crippen molar-refractivity contribution in [2.75, 3.05) is 13.2 Å². The maximum Gasteiger partial charge on any atom is 0.306 e. The van der Waals surface area contributed by atoms with E-state index in [1.54, 1.807) is 6.92 Å². The van der Waals surface area contributed by atoms with Crippen LogP contribution in [0.1, 0.15) is 26.7 Å². The molecule has 0 fully saturated rings. The number of hydrogen-bond acceptors (Lipinski definition) is 2. The van der Waals surface area contributed by atoms with E-state index in [1.165, 1.54) is 0 Å². The van der Waals surface area contributed by atoms with Crippen LogP contribution in [0.4, 0.5) is 0 Å². The van der Waals surface area contributed by atoms with Gasteiger partial charge in [0.25, 0.3) is 0 Å². The molecule has 0 radical (unpaired) electrons. The zero-order valence-corrected chi connectivity index (χ0v) is 7.17. The van der Waals surface area contributed by atoms with Gasteiger partial charge in [0.1, 0.15) is 0 Å². The van der Waals surface area contributed by atoms with Crippen LogP contribution in [0.15, 0.2) is 0 Å². The fraction of sp³-hybridized carbons (Fsp3) is 0.875. The Morgan fingerprint density at radius 1 is 1.55 bits per heavy atom. The summed E-state index contributed by atoms with van der Waals surface area (Å²) >= 11 is 0. The summed E-state index contributed by atoms with van der Waals surface area (Å²) in [6.45, 7) is 5.01. The molecule has 0 aliphatic rings. The maximum absolute atomic E-state index is 10.3. The molecule has 0 saturated heterocycles. The molecule has 0 heterocycles. The summed E-state index contributed by atoms with van der Waals surface area (Å²) in [6.07, 6.45) is 1.59. The molecule has 0 aliphatic carbocycles. The van der Waals surface area contributed by atoms with E-state index in [4.69, 9.17) is 9.84 Å². The summed E-state index contributed by atoms with van der Waals surface area (Å²) in [5.74, 6) is -1.03. The number of hydrogen-bond donors (Lipinski definition) is 1. The topological polar surface area (TPSA) is 46.5 Å². The summed E-state index contributed by atoms with van der Waals surface area (Å²) in [5, 5.41) is 8.48. The number of carbonyl (C=O) groups is 1. The molecule has 11 heavy (non-hydrogen) atoms. The Hall–Kier alpha value is -0.570. The smallest absolute Gasteiger partial charge is 0.306 e. The van der Waals surface area contributed by atoms with Gasteiger partial charge in [0.15, 0.2) is 0 Å². The lowest BCUT2D eigenvalue weighted by Crippen LogP contribution is -2.12. The highest BCUT2D eigenvalue weighted by molar-refractivity contribution is 5.69. The van der Waals surface area contributed by atoms with Crippen molar-refractivity contribution in [3.63, 3.8) is 0 Å². The molecule has 1 atom stereocenters. The highest BCUT2D eigenvalue weighted by Crippen LogP contribution is 2.01. The van der Waals surface area contributed by atoms with Crippen molar-refractivity contribution in [1.29, 1.82) is 0 Å². The van der Waals surface area contributed by atoms with Gasteiger partial charge in [-0.3, -0.25) is 4.79 Å². The van der Waals surface area contributed by atoms with Gasteiger partial charge in [0, 0.05) is 13.2 Å². The SMILES string of the molecule is CCCOCCC(C)C(=O)O. The van der Waals surface area contributed by atoms with Gasteiger partial charge in [-0.25, -0.2) is 0 Å². The molecule has 1 N–H and O–H groups in total. The molecule has 3 heteroatoms. The first kappa shape index (κ1) is 10.4. The average Bonchev–Trinajstić information content (AvgIpc) is 1.97. The molecule has 0 rings (SSSR count). The minimum Gasteiger partial charge on any atom is -0.481 e. The highest BCUT2D eigenvalue weighted by atomic mass is 16.5. The van der Waals surface area contributed by atoms with Crippen LogP contribution in [0.5, 0.6) is 0 Å². The number of aliphatic carboxylic acids is 1. The van der Waals surface area contributed by atoms with Gasteiger partial charge in [-0.15, -0.1) is 0 Å². The summed E-state index contributed by atoms with van der Waals surface area (Å²) in [7, 11) is 0. The average molecular weight is 160 g/mol. The van der Waals surface area contributed by atoms with E-state index >= 15 is 0 Å². The molecule has 66 valence electrons. The lowest BCUT2D eigenvalue weighted by atomic mass is 10.1. The fourth-order valence-electron chi connectivity index (χ4n) is 0.630. The van der Waals surface area contributed by atoms with Crippen LogP contribution in [-0.4, -0.2) is 24.3 Å². The third-order valence-electron chi connectivity index (χ3n) is 1.47. The fourth-order valence-corrected chi connectivity index (χ4v) is 0.630. The molecule has 1 unspecified atom stereocenters. The zero-order valence-electron chi connectivity index (χ0n) is 7.17. The van der Waals surface area contributed by atoms with Gasteiger partial charge in [0.05, 0.1) is 5.92 Å². The van der Waals surface area contributed by atoms with Crippen LogP contribution in [0, 0.1) is 5.92 Å². The monoisotopic (exact) mass is 160 g/mol. The zero-order chi connectivity index (χ0) is 8.69.